The van der Waals surface area contributed by atoms with Gasteiger partial charge in [0.15, 0.2) is 0 Å². The Morgan fingerprint density at radius 2 is 1.88 bits per heavy atom. The minimum absolute atomic E-state index is 0.0757. The van der Waals surface area contributed by atoms with E-state index in [0.29, 0.717) is 0 Å². The van der Waals surface area contributed by atoms with Crippen LogP contribution in [0.15, 0.2) is 36.4 Å². The number of benzene rings is 1. The molecule has 2 aliphatic heterocycles. The van der Waals surface area contributed by atoms with Crippen molar-refractivity contribution < 1.29 is 4.79 Å². The van der Waals surface area contributed by atoms with E-state index < -0.39 is 0 Å². The van der Waals surface area contributed by atoms with Gasteiger partial charge in [-0.3, -0.25) is 9.69 Å². The molecule has 0 N–H and O–H groups in total. The van der Waals surface area contributed by atoms with Gasteiger partial charge >= 0.3 is 0 Å². The van der Waals surface area contributed by atoms with Gasteiger partial charge in [0.1, 0.15) is 5.82 Å². The van der Waals surface area contributed by atoms with Crippen LogP contribution in [0.3, 0.4) is 0 Å². The molecular formula is C20H24N4O. The maximum atomic E-state index is 12.7. The molecule has 0 radical (unpaired) electrons. The molecule has 4 rings (SSSR count). The minimum Gasteiger partial charge on any atom is -0.330 e. The summed E-state index contributed by atoms with van der Waals surface area (Å²) in [4.78, 5) is 26.3. The summed E-state index contributed by atoms with van der Waals surface area (Å²) in [6, 6.07) is 11.7. The summed E-state index contributed by atoms with van der Waals surface area (Å²) in [6.07, 6.45) is 3.52. The third-order valence-corrected chi connectivity index (χ3v) is 5.14. The molecule has 25 heavy (non-hydrogen) atoms. The average molecular weight is 336 g/mol. The number of hydrogen-bond donors (Lipinski definition) is 0. The Labute approximate surface area is 148 Å². The molecule has 0 spiro atoms. The van der Waals surface area contributed by atoms with Crippen LogP contribution in [-0.2, 0) is 6.54 Å². The first-order chi connectivity index (χ1) is 12.2. The molecule has 2 aromatic rings. The summed E-state index contributed by atoms with van der Waals surface area (Å²) in [5, 5.41) is 0. The van der Waals surface area contributed by atoms with Gasteiger partial charge in [-0.05, 0) is 57.5 Å². The van der Waals surface area contributed by atoms with Crippen molar-refractivity contribution in [1.29, 1.82) is 0 Å². The van der Waals surface area contributed by atoms with Crippen molar-refractivity contribution in [2.75, 3.05) is 19.6 Å². The van der Waals surface area contributed by atoms with Gasteiger partial charge in [-0.1, -0.05) is 18.2 Å². The SMILES string of the molecule is Cc1nc(CN2CCCC2)cc(C2CCN2C(=O)c2ccccc2)n1. The number of amides is 1. The lowest BCUT2D eigenvalue weighted by Crippen LogP contribution is -2.45. The maximum Gasteiger partial charge on any atom is 0.254 e. The van der Waals surface area contributed by atoms with Crippen molar-refractivity contribution in [2.24, 2.45) is 0 Å². The van der Waals surface area contributed by atoms with E-state index in [4.69, 9.17) is 0 Å². The van der Waals surface area contributed by atoms with Gasteiger partial charge in [-0.15, -0.1) is 0 Å². The molecule has 1 atom stereocenters. The molecule has 1 aromatic carbocycles. The molecule has 5 heteroatoms. The average Bonchev–Trinajstić information content (AvgIpc) is 3.07. The predicted molar refractivity (Wildman–Crippen MR) is 96.1 cm³/mol. The zero-order valence-electron chi connectivity index (χ0n) is 14.7. The Morgan fingerprint density at radius 3 is 2.56 bits per heavy atom. The van der Waals surface area contributed by atoms with Crippen molar-refractivity contribution in [1.82, 2.24) is 19.8 Å². The first-order valence-corrected chi connectivity index (χ1v) is 9.13. The van der Waals surface area contributed by atoms with Crippen LogP contribution in [0, 0.1) is 6.92 Å². The summed E-state index contributed by atoms with van der Waals surface area (Å²) in [7, 11) is 0. The van der Waals surface area contributed by atoms with E-state index in [2.05, 4.69) is 20.9 Å². The number of aromatic nitrogens is 2. The van der Waals surface area contributed by atoms with Gasteiger partial charge in [-0.25, -0.2) is 9.97 Å². The number of carbonyl (C=O) groups excluding carboxylic acids is 1. The fourth-order valence-electron chi connectivity index (χ4n) is 3.76. The Hall–Kier alpha value is -2.27. The fourth-order valence-corrected chi connectivity index (χ4v) is 3.76. The molecule has 5 nitrogen and oxygen atoms in total. The third-order valence-electron chi connectivity index (χ3n) is 5.14. The van der Waals surface area contributed by atoms with Crippen LogP contribution in [-0.4, -0.2) is 45.3 Å². The van der Waals surface area contributed by atoms with E-state index in [1.807, 2.05) is 42.2 Å². The maximum absolute atomic E-state index is 12.7. The molecule has 0 bridgehead atoms. The lowest BCUT2D eigenvalue weighted by molar-refractivity contribution is 0.0450. The van der Waals surface area contributed by atoms with Gasteiger partial charge < -0.3 is 4.90 Å². The molecule has 2 aliphatic rings. The second-order valence-electron chi connectivity index (χ2n) is 6.98. The van der Waals surface area contributed by atoms with Crippen LogP contribution in [0.2, 0.25) is 0 Å². The number of nitrogens with zero attached hydrogens (tertiary/aromatic N) is 4. The van der Waals surface area contributed by atoms with Gasteiger partial charge in [0.2, 0.25) is 0 Å². The smallest absolute Gasteiger partial charge is 0.254 e. The Morgan fingerprint density at radius 1 is 1.12 bits per heavy atom. The molecule has 0 saturated carbocycles. The van der Waals surface area contributed by atoms with Crippen molar-refractivity contribution >= 4 is 5.91 Å². The summed E-state index contributed by atoms with van der Waals surface area (Å²) >= 11 is 0. The topological polar surface area (TPSA) is 49.3 Å². The van der Waals surface area contributed by atoms with Crippen LogP contribution in [0.5, 0.6) is 0 Å². The molecule has 2 saturated heterocycles. The van der Waals surface area contributed by atoms with Gasteiger partial charge in [0, 0.05) is 18.7 Å². The molecule has 1 aromatic heterocycles. The number of hydrogen-bond acceptors (Lipinski definition) is 4. The van der Waals surface area contributed by atoms with Crippen LogP contribution in [0.1, 0.15) is 52.9 Å². The van der Waals surface area contributed by atoms with Gasteiger partial charge in [-0.2, -0.15) is 0 Å². The summed E-state index contributed by atoms with van der Waals surface area (Å²) in [5.41, 5.74) is 2.80. The molecule has 1 amide bonds. The second-order valence-corrected chi connectivity index (χ2v) is 6.98. The standard InChI is InChI=1S/C20H24N4O/c1-15-21-17(14-23-10-5-6-11-23)13-18(22-15)19-9-12-24(19)20(25)16-7-3-2-4-8-16/h2-4,7-8,13,19H,5-6,9-12,14H2,1H3. The summed E-state index contributed by atoms with van der Waals surface area (Å²) in [6.45, 7) is 5.93. The van der Waals surface area contributed by atoms with Crippen molar-refractivity contribution in [2.45, 2.75) is 38.8 Å². The largest absolute Gasteiger partial charge is 0.330 e. The first-order valence-electron chi connectivity index (χ1n) is 9.13. The van der Waals surface area contributed by atoms with Crippen LogP contribution in [0.25, 0.3) is 0 Å². The zero-order chi connectivity index (χ0) is 17.2. The lowest BCUT2D eigenvalue weighted by atomic mass is 9.97. The van der Waals surface area contributed by atoms with Crippen LogP contribution >= 0.6 is 0 Å². The lowest BCUT2D eigenvalue weighted by Gasteiger charge is -2.40. The number of aryl methyl sites for hydroxylation is 1. The number of rotatable bonds is 4. The molecule has 0 aliphatic carbocycles. The van der Waals surface area contributed by atoms with Crippen LogP contribution in [0.4, 0.5) is 0 Å². The molecule has 3 heterocycles. The van der Waals surface area contributed by atoms with E-state index >= 15 is 0 Å². The highest BCUT2D eigenvalue weighted by molar-refractivity contribution is 5.94. The third kappa shape index (κ3) is 3.42. The Bertz CT molecular complexity index is 756. The summed E-state index contributed by atoms with van der Waals surface area (Å²) in [5.74, 6) is 0.889. The van der Waals surface area contributed by atoms with Crippen molar-refractivity contribution in [3.8, 4) is 0 Å². The van der Waals surface area contributed by atoms with Crippen molar-refractivity contribution in [3.63, 3.8) is 0 Å². The quantitative estimate of drug-likeness (QED) is 0.861. The minimum atomic E-state index is 0.0757. The Kier molecular flexibility index (Phi) is 4.49. The van der Waals surface area contributed by atoms with E-state index in [1.165, 1.54) is 12.8 Å². The van der Waals surface area contributed by atoms with E-state index in [9.17, 15) is 4.79 Å². The second kappa shape index (κ2) is 6.92. The predicted octanol–water partition coefficient (Wildman–Crippen LogP) is 2.97. The van der Waals surface area contributed by atoms with E-state index in [-0.39, 0.29) is 11.9 Å². The van der Waals surface area contributed by atoms with E-state index in [0.717, 1.165) is 55.4 Å². The highest BCUT2D eigenvalue weighted by Gasteiger charge is 2.35. The molecular weight excluding hydrogens is 312 g/mol. The van der Waals surface area contributed by atoms with Crippen molar-refractivity contribution in [3.05, 3.63) is 59.2 Å². The molecule has 1 unspecified atom stereocenters. The molecule has 130 valence electrons. The fraction of sp³-hybridized carbons (Fsp3) is 0.450. The monoisotopic (exact) mass is 336 g/mol. The van der Waals surface area contributed by atoms with Gasteiger partial charge in [0.05, 0.1) is 17.4 Å². The summed E-state index contributed by atoms with van der Waals surface area (Å²) < 4.78 is 0. The van der Waals surface area contributed by atoms with E-state index in [1.54, 1.807) is 0 Å². The number of likely N-dealkylation sites (tertiary alicyclic amines) is 2. The normalized spacial score (nSPS) is 20.5. The highest BCUT2D eigenvalue weighted by atomic mass is 16.2. The van der Waals surface area contributed by atoms with Crippen LogP contribution < -0.4 is 0 Å². The zero-order valence-corrected chi connectivity index (χ0v) is 14.7. The van der Waals surface area contributed by atoms with Gasteiger partial charge in [0.25, 0.3) is 5.91 Å². The Balaban J connectivity index is 1.52. The first kappa shape index (κ1) is 16.2. The highest BCUT2D eigenvalue weighted by Crippen LogP contribution is 2.34. The number of carbonyl (C=O) groups is 1. The molecule has 2 fully saturated rings.